The van der Waals surface area contributed by atoms with Gasteiger partial charge in [-0.2, -0.15) is 0 Å². The van der Waals surface area contributed by atoms with E-state index < -0.39 is 14.1 Å². The van der Waals surface area contributed by atoms with Crippen molar-refractivity contribution in [2.45, 2.75) is 89.6 Å². The first kappa shape index (κ1) is 26.2. The van der Waals surface area contributed by atoms with Crippen LogP contribution in [0.2, 0.25) is 19.6 Å². The second kappa shape index (κ2) is 12.9. The average molecular weight is 455 g/mol. The predicted octanol–water partition coefficient (Wildman–Crippen LogP) is 5.03. The third-order valence-corrected chi connectivity index (χ3v) is 6.89. The van der Waals surface area contributed by atoms with Crippen LogP contribution in [0.5, 0.6) is 0 Å². The van der Waals surface area contributed by atoms with E-state index in [-0.39, 0.29) is 17.7 Å². The second-order valence-electron chi connectivity index (χ2n) is 9.78. The summed E-state index contributed by atoms with van der Waals surface area (Å²) in [6.07, 6.45) is 12.6. The lowest BCUT2D eigenvalue weighted by molar-refractivity contribution is -0.186. The summed E-state index contributed by atoms with van der Waals surface area (Å²) in [6.45, 7) is 8.03. The molecule has 7 heteroatoms. The summed E-state index contributed by atoms with van der Waals surface area (Å²) in [5.74, 6) is 0.248. The van der Waals surface area contributed by atoms with Crippen molar-refractivity contribution in [3.05, 3.63) is 12.2 Å². The second-order valence-corrected chi connectivity index (χ2v) is 14.2. The van der Waals surface area contributed by atoms with Gasteiger partial charge in [0.25, 0.3) is 5.97 Å². The van der Waals surface area contributed by atoms with Crippen molar-refractivity contribution in [1.29, 1.82) is 0 Å². The highest BCUT2D eigenvalue weighted by atomic mass is 28.4. The topological polar surface area (TPSA) is 71.1 Å². The molecule has 1 aliphatic carbocycles. The highest BCUT2D eigenvalue weighted by molar-refractivity contribution is 6.71. The zero-order valence-electron chi connectivity index (χ0n) is 20.0. The Hall–Kier alpha value is -1.02. The molecule has 1 aliphatic heterocycles. The van der Waals surface area contributed by atoms with E-state index in [2.05, 4.69) is 6.08 Å². The molecule has 0 aromatic carbocycles. The lowest BCUT2D eigenvalue weighted by Gasteiger charge is -2.31. The maximum atomic E-state index is 12.1. The Balaban J connectivity index is 1.77. The minimum absolute atomic E-state index is 0.0537. The van der Waals surface area contributed by atoms with Gasteiger partial charge in [-0.3, -0.25) is 9.59 Å². The summed E-state index contributed by atoms with van der Waals surface area (Å²) in [5.41, 5.74) is 0. The number of allylic oxidation sites excluding steroid dienone is 2. The molecule has 0 amide bonds. The van der Waals surface area contributed by atoms with E-state index in [1.54, 1.807) is 13.2 Å². The number of hydrogen-bond donors (Lipinski definition) is 0. The number of carbonyl (C=O) groups is 2. The largest absolute Gasteiger partial charge is 0.520 e. The van der Waals surface area contributed by atoms with Crippen LogP contribution in [0.15, 0.2) is 12.2 Å². The molecule has 6 nitrogen and oxygen atoms in total. The molecule has 0 aromatic heterocycles. The van der Waals surface area contributed by atoms with Crippen LogP contribution in [0.25, 0.3) is 0 Å². The quantitative estimate of drug-likeness (QED) is 0.208. The van der Waals surface area contributed by atoms with Crippen molar-refractivity contribution in [2.75, 3.05) is 26.9 Å². The van der Waals surface area contributed by atoms with E-state index in [0.717, 1.165) is 51.4 Å². The lowest BCUT2D eigenvalue weighted by atomic mass is 9.87. The molecule has 2 unspecified atom stereocenters. The molecule has 1 saturated carbocycles. The summed E-state index contributed by atoms with van der Waals surface area (Å²) in [5, 5.41) is 0. The van der Waals surface area contributed by atoms with Gasteiger partial charge >= 0.3 is 0 Å². The Morgan fingerprint density at radius 2 is 1.74 bits per heavy atom. The van der Waals surface area contributed by atoms with Crippen molar-refractivity contribution < 1.29 is 28.2 Å². The number of methoxy groups -OCH3 is 1. The summed E-state index contributed by atoms with van der Waals surface area (Å²) < 4.78 is 22.7. The van der Waals surface area contributed by atoms with Crippen LogP contribution >= 0.6 is 0 Å². The van der Waals surface area contributed by atoms with Crippen LogP contribution in [-0.2, 0) is 28.2 Å². The first-order valence-electron chi connectivity index (χ1n) is 12.0. The Morgan fingerprint density at radius 1 is 1.03 bits per heavy atom. The van der Waals surface area contributed by atoms with Crippen LogP contribution in [0, 0.1) is 11.8 Å². The molecule has 2 aliphatic rings. The molecule has 0 bridgehead atoms. The molecule has 0 aromatic rings. The number of rotatable bonds is 14. The van der Waals surface area contributed by atoms with E-state index in [1.165, 1.54) is 0 Å². The monoisotopic (exact) mass is 454 g/mol. The third-order valence-electron chi connectivity index (χ3n) is 6.05. The number of unbranched alkanes of at least 4 members (excludes halogenated alkanes) is 3. The average Bonchev–Trinajstić information content (AvgIpc) is 3.30. The van der Waals surface area contributed by atoms with Gasteiger partial charge in [0.15, 0.2) is 11.6 Å². The van der Waals surface area contributed by atoms with Gasteiger partial charge in [-0.15, -0.1) is 0 Å². The maximum Gasteiger partial charge on any atom is 0.292 e. The summed E-state index contributed by atoms with van der Waals surface area (Å²) in [7, 11) is -0.123. The maximum absolute atomic E-state index is 12.1. The van der Waals surface area contributed by atoms with Gasteiger partial charge < -0.3 is 18.6 Å². The highest BCUT2D eigenvalue weighted by Crippen LogP contribution is 2.48. The molecular formula is C24H42O6Si. The normalized spacial score (nSPS) is 23.1. The standard InChI is InChI=1S/C24H42O6Si/c1-27-17-9-10-21(25)14-13-20-15-16-24(28-18-19-29-24)22(20)11-7-5-6-8-12-23(26)30-31(2,3)4/h13-14,20,22H,5-12,15-19H2,1-4H3. The number of ether oxygens (including phenoxy) is 3. The van der Waals surface area contributed by atoms with Crippen LogP contribution < -0.4 is 0 Å². The first-order valence-corrected chi connectivity index (χ1v) is 15.4. The molecule has 1 saturated heterocycles. The van der Waals surface area contributed by atoms with Crippen molar-refractivity contribution in [2.24, 2.45) is 11.8 Å². The van der Waals surface area contributed by atoms with Crippen LogP contribution in [-0.4, -0.2) is 52.8 Å². The first-order chi connectivity index (χ1) is 14.8. The van der Waals surface area contributed by atoms with Gasteiger partial charge in [0.1, 0.15) is 0 Å². The van der Waals surface area contributed by atoms with Crippen LogP contribution in [0.1, 0.15) is 64.2 Å². The zero-order chi connectivity index (χ0) is 22.7. The van der Waals surface area contributed by atoms with Crippen LogP contribution in [0.4, 0.5) is 0 Å². The molecule has 2 atom stereocenters. The van der Waals surface area contributed by atoms with Gasteiger partial charge in [0.05, 0.1) is 13.2 Å². The van der Waals surface area contributed by atoms with Crippen molar-refractivity contribution >= 4 is 20.1 Å². The third kappa shape index (κ3) is 9.16. The molecule has 31 heavy (non-hydrogen) atoms. The van der Waals surface area contributed by atoms with E-state index in [4.69, 9.17) is 18.6 Å². The lowest BCUT2D eigenvalue weighted by Crippen LogP contribution is -2.36. The fourth-order valence-corrected chi connectivity index (χ4v) is 5.44. The molecule has 178 valence electrons. The van der Waals surface area contributed by atoms with Gasteiger partial charge in [-0.1, -0.05) is 25.3 Å². The van der Waals surface area contributed by atoms with Crippen molar-refractivity contribution in [3.63, 3.8) is 0 Å². The van der Waals surface area contributed by atoms with E-state index >= 15 is 0 Å². The Kier molecular flexibility index (Phi) is 10.9. The number of carbonyl (C=O) groups excluding carboxylic acids is 2. The summed E-state index contributed by atoms with van der Waals surface area (Å²) in [4.78, 5) is 24.0. The zero-order valence-corrected chi connectivity index (χ0v) is 21.0. The molecule has 1 heterocycles. The van der Waals surface area contributed by atoms with Gasteiger partial charge in [0, 0.05) is 38.9 Å². The smallest absolute Gasteiger partial charge is 0.292 e. The molecular weight excluding hydrogens is 412 g/mol. The van der Waals surface area contributed by atoms with Crippen molar-refractivity contribution in [1.82, 2.24) is 0 Å². The fourth-order valence-electron chi connectivity index (χ4n) is 4.66. The highest BCUT2D eigenvalue weighted by Gasteiger charge is 2.51. The Bertz CT molecular complexity index is 591. The SMILES string of the molecule is COCCCC(=O)C=CC1CCC2(OCCO2)C1CCCCCCC(=O)O[Si](C)(C)C. The number of hydrogen-bond acceptors (Lipinski definition) is 6. The van der Waals surface area contributed by atoms with E-state index in [0.29, 0.717) is 38.6 Å². The van der Waals surface area contributed by atoms with Gasteiger partial charge in [-0.25, -0.2) is 0 Å². The molecule has 2 rings (SSSR count). The Labute approximate surface area is 189 Å². The summed E-state index contributed by atoms with van der Waals surface area (Å²) >= 11 is 0. The fraction of sp³-hybridized carbons (Fsp3) is 0.833. The molecule has 0 N–H and O–H groups in total. The van der Waals surface area contributed by atoms with Gasteiger partial charge in [0.2, 0.25) is 8.32 Å². The van der Waals surface area contributed by atoms with Crippen molar-refractivity contribution in [3.8, 4) is 0 Å². The van der Waals surface area contributed by atoms with E-state index in [9.17, 15) is 9.59 Å². The minimum atomic E-state index is -1.78. The number of ketones is 1. The molecule has 0 radical (unpaired) electrons. The Morgan fingerprint density at radius 3 is 2.42 bits per heavy atom. The molecule has 1 spiro atoms. The summed E-state index contributed by atoms with van der Waals surface area (Å²) in [6, 6.07) is 0. The van der Waals surface area contributed by atoms with Crippen LogP contribution in [0.3, 0.4) is 0 Å². The predicted molar refractivity (Wildman–Crippen MR) is 123 cm³/mol. The minimum Gasteiger partial charge on any atom is -0.520 e. The van der Waals surface area contributed by atoms with E-state index in [1.807, 2.05) is 19.6 Å². The molecule has 2 fully saturated rings. The van der Waals surface area contributed by atoms with Gasteiger partial charge in [-0.05, 0) is 57.3 Å².